The summed E-state index contributed by atoms with van der Waals surface area (Å²) in [7, 11) is 0. The van der Waals surface area contributed by atoms with Gasteiger partial charge in [-0.05, 0) is 0 Å². The first kappa shape index (κ1) is 13.5. The minimum atomic E-state index is 0.782. The second-order valence-electron chi connectivity index (χ2n) is 3.39. The number of rotatable bonds is 0. The Morgan fingerprint density at radius 3 is 2.35 bits per heavy atom. The van der Waals surface area contributed by atoms with E-state index in [9.17, 15) is 0 Å². The lowest BCUT2D eigenvalue weighted by Gasteiger charge is -1.80. The normalized spacial score (nSPS) is 9.50. The molecule has 0 amide bonds. The second kappa shape index (κ2) is 6.88. The first-order chi connectivity index (χ1) is 9.93. The van der Waals surface area contributed by atoms with Crippen LogP contribution in [0.5, 0.6) is 0 Å². The molecule has 0 radical (unpaired) electrons. The van der Waals surface area contributed by atoms with Crippen LogP contribution in [-0.4, -0.2) is 40.3 Å². The molecule has 4 aromatic heterocycles. The van der Waals surface area contributed by atoms with Gasteiger partial charge in [-0.15, -0.1) is 0 Å². The fourth-order valence-corrected chi connectivity index (χ4v) is 1.38. The number of aromatic amines is 2. The molecule has 0 aliphatic heterocycles. The molecular formula is C12H14N8. The summed E-state index contributed by atoms with van der Waals surface area (Å²) >= 11 is 0. The molecule has 0 aromatic carbocycles. The lowest BCUT2D eigenvalue weighted by molar-refractivity contribution is 1.09. The van der Waals surface area contributed by atoms with Crippen molar-refractivity contribution in [2.75, 3.05) is 0 Å². The fourth-order valence-electron chi connectivity index (χ4n) is 1.38. The quantitative estimate of drug-likeness (QED) is 0.503. The van der Waals surface area contributed by atoms with E-state index in [1.807, 2.05) is 13.8 Å². The molecule has 102 valence electrons. The Labute approximate surface area is 114 Å². The molecular weight excluding hydrogens is 256 g/mol. The Kier molecular flexibility index (Phi) is 4.65. The molecule has 0 fully saturated rings. The maximum Gasteiger partial charge on any atom is 0.158 e. The number of H-pyrrole nitrogens is 2. The Morgan fingerprint density at radius 1 is 0.800 bits per heavy atom. The van der Waals surface area contributed by atoms with Crippen LogP contribution in [0.3, 0.4) is 0 Å². The van der Waals surface area contributed by atoms with Crippen LogP contribution in [0, 0.1) is 0 Å². The zero-order valence-electron chi connectivity index (χ0n) is 11.1. The van der Waals surface area contributed by atoms with Gasteiger partial charge in [0.2, 0.25) is 0 Å². The third-order valence-electron chi connectivity index (χ3n) is 2.23. The zero-order valence-corrected chi connectivity index (χ0v) is 11.1. The largest absolute Gasteiger partial charge is 0.275 e. The molecule has 2 N–H and O–H groups in total. The molecule has 0 unspecified atom stereocenters. The van der Waals surface area contributed by atoms with Gasteiger partial charge in [-0.1, -0.05) is 13.8 Å². The summed E-state index contributed by atoms with van der Waals surface area (Å²) in [5.74, 6) is 0. The van der Waals surface area contributed by atoms with E-state index < -0.39 is 0 Å². The summed E-state index contributed by atoms with van der Waals surface area (Å²) in [6.45, 7) is 4.00. The van der Waals surface area contributed by atoms with Crippen LogP contribution in [0.2, 0.25) is 0 Å². The second-order valence-corrected chi connectivity index (χ2v) is 3.39. The first-order valence-corrected chi connectivity index (χ1v) is 6.11. The van der Waals surface area contributed by atoms with E-state index in [2.05, 4.69) is 40.3 Å². The van der Waals surface area contributed by atoms with Gasteiger partial charge in [-0.25, -0.2) is 19.9 Å². The van der Waals surface area contributed by atoms with Gasteiger partial charge in [0, 0.05) is 6.20 Å². The summed E-state index contributed by atoms with van der Waals surface area (Å²) in [4.78, 5) is 15.5. The van der Waals surface area contributed by atoms with Gasteiger partial charge in [-0.2, -0.15) is 10.2 Å². The first-order valence-electron chi connectivity index (χ1n) is 6.11. The van der Waals surface area contributed by atoms with Gasteiger partial charge in [-0.3, -0.25) is 10.2 Å². The number of nitrogens with zero attached hydrogens (tertiary/aromatic N) is 6. The third kappa shape index (κ3) is 3.10. The van der Waals surface area contributed by atoms with E-state index in [0.717, 1.165) is 22.1 Å². The summed E-state index contributed by atoms with van der Waals surface area (Å²) in [6, 6.07) is 0. The van der Waals surface area contributed by atoms with Gasteiger partial charge >= 0.3 is 0 Å². The van der Waals surface area contributed by atoms with E-state index in [-0.39, 0.29) is 0 Å². The van der Waals surface area contributed by atoms with Crippen LogP contribution in [0.25, 0.3) is 22.1 Å². The Morgan fingerprint density at radius 2 is 1.55 bits per heavy atom. The van der Waals surface area contributed by atoms with Gasteiger partial charge in [0.1, 0.15) is 23.7 Å². The minimum absolute atomic E-state index is 0.782. The molecule has 20 heavy (non-hydrogen) atoms. The highest BCUT2D eigenvalue weighted by Crippen LogP contribution is 2.01. The smallest absolute Gasteiger partial charge is 0.158 e. The topological polar surface area (TPSA) is 109 Å². The van der Waals surface area contributed by atoms with Crippen molar-refractivity contribution < 1.29 is 0 Å². The molecule has 0 atom stereocenters. The van der Waals surface area contributed by atoms with Crippen LogP contribution in [0.4, 0.5) is 0 Å². The molecule has 0 spiro atoms. The molecule has 8 nitrogen and oxygen atoms in total. The number of fused-ring (bicyclic) bond motifs is 2. The van der Waals surface area contributed by atoms with Crippen molar-refractivity contribution in [3.63, 3.8) is 0 Å². The lowest BCUT2D eigenvalue weighted by Crippen LogP contribution is -1.75. The van der Waals surface area contributed by atoms with Crippen molar-refractivity contribution in [1.29, 1.82) is 0 Å². The van der Waals surface area contributed by atoms with Gasteiger partial charge in [0.15, 0.2) is 5.65 Å². The van der Waals surface area contributed by atoms with E-state index in [4.69, 9.17) is 0 Å². The molecule has 4 aromatic rings. The van der Waals surface area contributed by atoms with Crippen molar-refractivity contribution in [3.8, 4) is 0 Å². The van der Waals surface area contributed by atoms with Gasteiger partial charge in [0.05, 0.1) is 24.0 Å². The highest BCUT2D eigenvalue weighted by atomic mass is 15.1. The predicted octanol–water partition coefficient (Wildman–Crippen LogP) is 1.73. The van der Waals surface area contributed by atoms with Gasteiger partial charge in [0.25, 0.3) is 0 Å². The SMILES string of the molecule is CC.c1ncc2[nH]ncc2n1.c1ncc2cn[nH]c2n1. The van der Waals surface area contributed by atoms with E-state index >= 15 is 0 Å². The summed E-state index contributed by atoms with van der Waals surface area (Å²) in [5, 5.41) is 14.0. The van der Waals surface area contributed by atoms with Crippen LogP contribution >= 0.6 is 0 Å². The molecule has 8 heteroatoms. The zero-order chi connectivity index (χ0) is 14.2. The average molecular weight is 270 g/mol. The molecule has 0 aliphatic rings. The molecule has 0 bridgehead atoms. The standard InChI is InChI=1S/2C5H4N4.C2H6/c1-5-4(2-8-9-5)7-3-6-1;1-4-2-8-9-5(4)7-3-6-1;1-2/h1-3H,(H,8,9);1-3H,(H,6,7,8,9);1-2H3. The highest BCUT2D eigenvalue weighted by molar-refractivity contribution is 5.71. The van der Waals surface area contributed by atoms with Crippen molar-refractivity contribution >= 4 is 22.1 Å². The van der Waals surface area contributed by atoms with E-state index in [0.29, 0.717) is 0 Å². The number of nitrogens with one attached hydrogen (secondary N) is 2. The number of hydrogen-bond donors (Lipinski definition) is 2. The number of aromatic nitrogens is 8. The molecule has 4 heterocycles. The van der Waals surface area contributed by atoms with Crippen molar-refractivity contribution in [2.45, 2.75) is 13.8 Å². The summed E-state index contributed by atoms with van der Waals surface area (Å²) in [6.07, 6.45) is 9.74. The van der Waals surface area contributed by atoms with Crippen molar-refractivity contribution in [2.24, 2.45) is 0 Å². The van der Waals surface area contributed by atoms with E-state index in [1.54, 1.807) is 24.8 Å². The van der Waals surface area contributed by atoms with Crippen LogP contribution in [0.1, 0.15) is 13.8 Å². The monoisotopic (exact) mass is 270 g/mol. The molecule has 0 saturated heterocycles. The van der Waals surface area contributed by atoms with Gasteiger partial charge < -0.3 is 0 Å². The Balaban J connectivity index is 0.000000131. The van der Waals surface area contributed by atoms with E-state index in [1.165, 1.54) is 12.7 Å². The van der Waals surface area contributed by atoms with Crippen molar-refractivity contribution in [1.82, 2.24) is 40.3 Å². The maximum atomic E-state index is 3.94. The Bertz CT molecular complexity index is 633. The maximum absolute atomic E-state index is 3.94. The van der Waals surface area contributed by atoms with Crippen molar-refractivity contribution in [3.05, 3.63) is 37.4 Å². The van der Waals surface area contributed by atoms with Crippen LogP contribution in [0.15, 0.2) is 37.4 Å². The van der Waals surface area contributed by atoms with Crippen LogP contribution < -0.4 is 0 Å². The molecule has 4 rings (SSSR count). The predicted molar refractivity (Wildman–Crippen MR) is 74.7 cm³/mol. The summed E-state index contributed by atoms with van der Waals surface area (Å²) < 4.78 is 0. The molecule has 0 aliphatic carbocycles. The number of hydrogen-bond acceptors (Lipinski definition) is 6. The fraction of sp³-hybridized carbons (Fsp3) is 0.167. The van der Waals surface area contributed by atoms with Crippen LogP contribution in [-0.2, 0) is 0 Å². The average Bonchev–Trinajstić information content (AvgIpc) is 3.18. The summed E-state index contributed by atoms with van der Waals surface area (Å²) in [5.41, 5.74) is 2.51. The highest BCUT2D eigenvalue weighted by Gasteiger charge is 1.91. The minimum Gasteiger partial charge on any atom is -0.275 e. The third-order valence-corrected chi connectivity index (χ3v) is 2.23. The Hall–Kier alpha value is -2.90. The lowest BCUT2D eigenvalue weighted by atomic mass is 10.5. The molecule has 0 saturated carbocycles.